The fourth-order valence-corrected chi connectivity index (χ4v) is 5.09. The fraction of sp³-hybridized carbons (Fsp3) is 0.545. The van der Waals surface area contributed by atoms with Crippen molar-refractivity contribution in [2.24, 2.45) is 5.92 Å². The summed E-state index contributed by atoms with van der Waals surface area (Å²) in [6, 6.07) is -3.26. The van der Waals surface area contributed by atoms with Gasteiger partial charge in [-0.2, -0.15) is 0 Å². The Hall–Kier alpha value is -2.90. The molecular formula is C22H30N6O5S2. The van der Waals surface area contributed by atoms with Crippen LogP contribution in [0.4, 0.5) is 0 Å². The van der Waals surface area contributed by atoms with Crippen LogP contribution < -0.4 is 21.3 Å². The van der Waals surface area contributed by atoms with Gasteiger partial charge < -0.3 is 26.4 Å². The van der Waals surface area contributed by atoms with E-state index in [-0.39, 0.29) is 17.3 Å². The van der Waals surface area contributed by atoms with E-state index < -0.39 is 53.9 Å². The zero-order chi connectivity index (χ0) is 25.9. The van der Waals surface area contributed by atoms with Gasteiger partial charge in [0.05, 0.1) is 18.2 Å². The maximum atomic E-state index is 13.1. The Labute approximate surface area is 211 Å². The van der Waals surface area contributed by atoms with E-state index in [1.165, 1.54) is 29.6 Å². The largest absolute Gasteiger partial charge is 0.391 e. The summed E-state index contributed by atoms with van der Waals surface area (Å²) in [5, 5.41) is 25.2. The fourth-order valence-electron chi connectivity index (χ4n) is 3.47. The number of hydrogen-bond acceptors (Lipinski definition) is 9. The monoisotopic (exact) mass is 522 g/mol. The molecule has 0 spiro atoms. The van der Waals surface area contributed by atoms with Gasteiger partial charge in [-0.05, 0) is 33.1 Å². The number of thiazole rings is 2. The number of aliphatic hydroxyl groups excluding tert-OH is 1. The number of hydrogen-bond donors (Lipinski definition) is 5. The molecule has 3 rings (SSSR count). The first-order chi connectivity index (χ1) is 16.5. The van der Waals surface area contributed by atoms with Crippen LogP contribution in [0.25, 0.3) is 0 Å². The first-order valence-corrected chi connectivity index (χ1v) is 13.0. The maximum Gasteiger partial charge on any atom is 0.271 e. The Morgan fingerprint density at radius 1 is 0.829 bits per heavy atom. The number of carbonyl (C=O) groups excluding carboxylic acids is 4. The topological polar surface area (TPSA) is 162 Å². The third kappa shape index (κ3) is 6.61. The molecule has 190 valence electrons. The highest BCUT2D eigenvalue weighted by molar-refractivity contribution is 7.10. The van der Waals surface area contributed by atoms with E-state index in [2.05, 4.69) is 31.2 Å². The molecule has 1 aliphatic heterocycles. The van der Waals surface area contributed by atoms with Gasteiger partial charge >= 0.3 is 0 Å². The summed E-state index contributed by atoms with van der Waals surface area (Å²) in [6.45, 7) is 8.64. The van der Waals surface area contributed by atoms with Crippen molar-refractivity contribution < 1.29 is 24.3 Å². The van der Waals surface area contributed by atoms with Crippen molar-refractivity contribution in [3.63, 3.8) is 0 Å². The average molecular weight is 523 g/mol. The highest BCUT2D eigenvalue weighted by atomic mass is 32.1. The quantitative estimate of drug-likeness (QED) is 0.406. The lowest BCUT2D eigenvalue weighted by Gasteiger charge is -2.26. The Kier molecular flexibility index (Phi) is 8.56. The zero-order valence-corrected chi connectivity index (χ0v) is 21.8. The number of nitrogens with zero attached hydrogens (tertiary/aromatic N) is 2. The first-order valence-electron chi connectivity index (χ1n) is 11.3. The third-order valence-electron chi connectivity index (χ3n) is 5.35. The van der Waals surface area contributed by atoms with Gasteiger partial charge in [0.2, 0.25) is 11.8 Å². The average Bonchev–Trinajstić information content (AvgIpc) is 3.45. The van der Waals surface area contributed by atoms with Gasteiger partial charge in [0, 0.05) is 10.8 Å². The summed E-state index contributed by atoms with van der Waals surface area (Å²) in [6.07, 6.45) is -0.889. The Morgan fingerprint density at radius 2 is 1.34 bits per heavy atom. The molecule has 0 aromatic carbocycles. The molecule has 11 nitrogen and oxygen atoms in total. The second-order valence-corrected chi connectivity index (χ2v) is 10.7. The minimum Gasteiger partial charge on any atom is -0.391 e. The summed E-state index contributed by atoms with van der Waals surface area (Å²) in [5.41, 5.74) is 0.300. The predicted octanol–water partition coefficient (Wildman–Crippen LogP) is 1.29. The Morgan fingerprint density at radius 3 is 1.86 bits per heavy atom. The van der Waals surface area contributed by atoms with Gasteiger partial charge in [0.15, 0.2) is 0 Å². The van der Waals surface area contributed by atoms with Crippen LogP contribution in [0, 0.1) is 5.92 Å². The van der Waals surface area contributed by atoms with Crippen molar-refractivity contribution in [2.45, 2.75) is 71.3 Å². The smallest absolute Gasteiger partial charge is 0.271 e. The van der Waals surface area contributed by atoms with E-state index in [4.69, 9.17) is 0 Å². The second-order valence-electron chi connectivity index (χ2n) is 8.95. The lowest BCUT2D eigenvalue weighted by molar-refractivity contribution is -0.133. The van der Waals surface area contributed by atoms with Crippen LogP contribution in [0.15, 0.2) is 10.8 Å². The van der Waals surface area contributed by atoms with Crippen LogP contribution >= 0.6 is 22.7 Å². The van der Waals surface area contributed by atoms with E-state index in [9.17, 15) is 24.3 Å². The Balaban J connectivity index is 1.97. The van der Waals surface area contributed by atoms with Gasteiger partial charge in [-0.1, -0.05) is 13.8 Å². The molecule has 0 saturated carbocycles. The van der Waals surface area contributed by atoms with Gasteiger partial charge in [-0.3, -0.25) is 19.2 Å². The van der Waals surface area contributed by atoms with Crippen molar-refractivity contribution >= 4 is 46.3 Å². The van der Waals surface area contributed by atoms with Crippen molar-refractivity contribution in [1.29, 1.82) is 0 Å². The number of aromatic nitrogens is 2. The number of fused-ring (bicyclic) bond motifs is 4. The molecule has 3 heterocycles. The third-order valence-corrected chi connectivity index (χ3v) is 7.40. The summed E-state index contributed by atoms with van der Waals surface area (Å²) in [7, 11) is 0. The maximum absolute atomic E-state index is 13.1. The lowest BCUT2D eigenvalue weighted by atomic mass is 10.0. The summed E-state index contributed by atoms with van der Waals surface area (Å²) >= 11 is 2.42. The van der Waals surface area contributed by atoms with Gasteiger partial charge in [0.25, 0.3) is 11.8 Å². The lowest BCUT2D eigenvalue weighted by Crippen LogP contribution is -2.57. The number of amides is 4. The number of nitrogens with one attached hydrogen (secondary N) is 4. The minimum absolute atomic E-state index is 0.0584. The van der Waals surface area contributed by atoms with Crippen LogP contribution in [0.3, 0.4) is 0 Å². The van der Waals surface area contributed by atoms with Crippen molar-refractivity contribution in [3.05, 3.63) is 32.2 Å². The highest BCUT2D eigenvalue weighted by Crippen LogP contribution is 2.22. The van der Waals surface area contributed by atoms with Crippen LogP contribution in [0.2, 0.25) is 0 Å². The normalized spacial score (nSPS) is 25.1. The van der Waals surface area contributed by atoms with Crippen LogP contribution in [-0.2, 0) is 9.59 Å². The van der Waals surface area contributed by atoms with E-state index in [0.717, 1.165) is 0 Å². The second kappa shape index (κ2) is 11.2. The molecule has 35 heavy (non-hydrogen) atoms. The van der Waals surface area contributed by atoms with Gasteiger partial charge in [-0.15, -0.1) is 22.7 Å². The highest BCUT2D eigenvalue weighted by Gasteiger charge is 2.32. The number of rotatable bonds is 3. The number of carbonyl (C=O) groups is 4. The predicted molar refractivity (Wildman–Crippen MR) is 131 cm³/mol. The SMILES string of the molecule is CC(C)C[C@@H]1NC(=O)c2csc(n2)C(C)NC(=O)c2csc(n2)C(C)NC(=O)[C@H](C(C)O)NC1=O. The molecule has 2 aromatic heterocycles. The van der Waals surface area contributed by atoms with E-state index >= 15 is 0 Å². The summed E-state index contributed by atoms with van der Waals surface area (Å²) in [4.78, 5) is 60.2. The molecule has 5 atom stereocenters. The van der Waals surface area contributed by atoms with Gasteiger partial charge in [0.1, 0.15) is 33.5 Å². The van der Waals surface area contributed by atoms with Crippen molar-refractivity contribution in [1.82, 2.24) is 31.2 Å². The molecule has 0 radical (unpaired) electrons. The van der Waals surface area contributed by atoms with Crippen LogP contribution in [0.5, 0.6) is 0 Å². The molecule has 3 unspecified atom stereocenters. The van der Waals surface area contributed by atoms with Crippen molar-refractivity contribution in [3.8, 4) is 0 Å². The molecule has 4 amide bonds. The molecule has 4 bridgehead atoms. The zero-order valence-electron chi connectivity index (χ0n) is 20.1. The van der Waals surface area contributed by atoms with E-state index in [1.54, 1.807) is 24.6 Å². The minimum atomic E-state index is -1.26. The van der Waals surface area contributed by atoms with Crippen molar-refractivity contribution in [2.75, 3.05) is 0 Å². The standard InChI is InChI=1S/C22H30N6O5S2/c1-9(2)6-13-17(30)28-16(12(5)29)20(33)24-11(4)22-26-14(7-34-22)18(31)23-10(3)21-27-15(8-35-21)19(32)25-13/h7-13,16,29H,6H2,1-5H3,(H,23,31)(H,24,33)(H,25,32)(H,28,30)/t10?,11?,12?,13-,16-/m0/s1. The molecule has 0 saturated heterocycles. The Bertz CT molecular complexity index is 1100. The summed E-state index contributed by atoms with van der Waals surface area (Å²) in [5.74, 6) is -2.11. The summed E-state index contributed by atoms with van der Waals surface area (Å²) < 4.78 is 0. The molecule has 0 fully saturated rings. The molecule has 5 N–H and O–H groups in total. The first kappa shape index (κ1) is 26.7. The molecule has 13 heteroatoms. The van der Waals surface area contributed by atoms with E-state index in [0.29, 0.717) is 16.4 Å². The molecule has 0 aliphatic carbocycles. The van der Waals surface area contributed by atoms with Crippen LogP contribution in [0.1, 0.15) is 84.1 Å². The number of aliphatic hydroxyl groups is 1. The molecular weight excluding hydrogens is 492 g/mol. The van der Waals surface area contributed by atoms with E-state index in [1.807, 2.05) is 13.8 Å². The molecule has 2 aromatic rings. The molecule has 1 aliphatic rings. The van der Waals surface area contributed by atoms with Crippen LogP contribution in [-0.4, -0.2) is 56.9 Å². The van der Waals surface area contributed by atoms with Gasteiger partial charge in [-0.25, -0.2) is 9.97 Å².